The van der Waals surface area contributed by atoms with E-state index in [1.54, 1.807) is 0 Å². The number of halogens is 1. The smallest absolute Gasteiger partial charge is 0.415 e. The zero-order valence-corrected chi connectivity index (χ0v) is 9.83. The van der Waals surface area contributed by atoms with E-state index in [4.69, 9.17) is 4.74 Å². The molecule has 4 nitrogen and oxygen atoms in total. The van der Waals surface area contributed by atoms with Crippen molar-refractivity contribution in [3.63, 3.8) is 0 Å². The molecule has 1 saturated heterocycles. The highest BCUT2D eigenvalue weighted by Crippen LogP contribution is 2.43. The van der Waals surface area contributed by atoms with Gasteiger partial charge in [-0.25, -0.2) is 4.79 Å². The van der Waals surface area contributed by atoms with Crippen molar-refractivity contribution in [3.8, 4) is 0 Å². The molecule has 2 aliphatic rings. The third-order valence-corrected chi connectivity index (χ3v) is 3.59. The summed E-state index contributed by atoms with van der Waals surface area (Å²) in [5.74, 6) is -0.349. The van der Waals surface area contributed by atoms with Gasteiger partial charge in [0.25, 0.3) is 5.91 Å². The first-order valence-corrected chi connectivity index (χ1v) is 5.74. The second kappa shape index (κ2) is 3.07. The standard InChI is InChI=1S/C11H8BrNO3/c12-7-1-2-8-6(5-7)3-4-11(8)9(14)13-10(15)16-11/h1-2,5H,3-4H2,(H,13,14,15)/t11-/m0/s1. The van der Waals surface area contributed by atoms with Gasteiger partial charge < -0.3 is 4.74 Å². The molecule has 0 bridgehead atoms. The maximum absolute atomic E-state index is 11.8. The molecule has 1 atom stereocenters. The molecule has 1 N–H and O–H groups in total. The highest BCUT2D eigenvalue weighted by molar-refractivity contribution is 9.10. The van der Waals surface area contributed by atoms with Crippen molar-refractivity contribution >= 4 is 27.9 Å². The van der Waals surface area contributed by atoms with Crippen LogP contribution in [-0.4, -0.2) is 12.0 Å². The van der Waals surface area contributed by atoms with Gasteiger partial charge in [0, 0.05) is 16.5 Å². The lowest BCUT2D eigenvalue weighted by Crippen LogP contribution is -2.34. The van der Waals surface area contributed by atoms with Crippen molar-refractivity contribution in [1.82, 2.24) is 5.32 Å². The summed E-state index contributed by atoms with van der Waals surface area (Å²) < 4.78 is 6.14. The molecule has 0 saturated carbocycles. The summed E-state index contributed by atoms with van der Waals surface area (Å²) in [4.78, 5) is 22.9. The van der Waals surface area contributed by atoms with Crippen LogP contribution in [-0.2, 0) is 21.6 Å². The average molecular weight is 282 g/mol. The zero-order chi connectivity index (χ0) is 11.3. The predicted octanol–water partition coefficient (Wildman–Crippen LogP) is 1.86. The Morgan fingerprint density at radius 3 is 2.88 bits per heavy atom. The molecule has 2 amide bonds. The molecule has 1 aliphatic heterocycles. The molecule has 1 aromatic rings. The van der Waals surface area contributed by atoms with Crippen molar-refractivity contribution in [2.24, 2.45) is 0 Å². The Morgan fingerprint density at radius 2 is 2.19 bits per heavy atom. The Morgan fingerprint density at radius 1 is 1.38 bits per heavy atom. The topological polar surface area (TPSA) is 55.4 Å². The summed E-state index contributed by atoms with van der Waals surface area (Å²) >= 11 is 3.38. The molecule has 0 unspecified atom stereocenters. The lowest BCUT2D eigenvalue weighted by Gasteiger charge is -2.19. The van der Waals surface area contributed by atoms with E-state index in [9.17, 15) is 9.59 Å². The van der Waals surface area contributed by atoms with E-state index in [0.29, 0.717) is 6.42 Å². The number of carbonyl (C=O) groups excluding carboxylic acids is 2. The number of rotatable bonds is 0. The monoisotopic (exact) mass is 281 g/mol. The highest BCUT2D eigenvalue weighted by atomic mass is 79.9. The van der Waals surface area contributed by atoms with Gasteiger partial charge in [0.1, 0.15) is 0 Å². The number of alkyl carbamates (subject to hydrolysis) is 1. The van der Waals surface area contributed by atoms with Crippen LogP contribution in [0.25, 0.3) is 0 Å². The van der Waals surface area contributed by atoms with Gasteiger partial charge in [0.2, 0.25) is 5.60 Å². The van der Waals surface area contributed by atoms with Crippen LogP contribution in [0.4, 0.5) is 4.79 Å². The van der Waals surface area contributed by atoms with Crippen LogP contribution in [0.3, 0.4) is 0 Å². The fourth-order valence-corrected chi connectivity index (χ4v) is 2.78. The first-order valence-electron chi connectivity index (χ1n) is 4.95. The number of hydrogen-bond acceptors (Lipinski definition) is 3. The Bertz CT molecular complexity index is 514. The number of amides is 2. The number of fused-ring (bicyclic) bond motifs is 2. The van der Waals surface area contributed by atoms with Crippen molar-refractivity contribution in [1.29, 1.82) is 0 Å². The summed E-state index contributed by atoms with van der Waals surface area (Å²) in [6.45, 7) is 0. The summed E-state index contributed by atoms with van der Waals surface area (Å²) in [5.41, 5.74) is 0.783. The number of ether oxygens (including phenoxy) is 1. The van der Waals surface area contributed by atoms with Gasteiger partial charge in [0.05, 0.1) is 0 Å². The van der Waals surface area contributed by atoms with E-state index in [0.717, 1.165) is 22.0 Å². The Balaban J connectivity index is 2.15. The van der Waals surface area contributed by atoms with Crippen LogP contribution in [0, 0.1) is 0 Å². The van der Waals surface area contributed by atoms with Gasteiger partial charge in [-0.05, 0) is 24.1 Å². The van der Waals surface area contributed by atoms with Crippen molar-refractivity contribution in [2.45, 2.75) is 18.4 Å². The van der Waals surface area contributed by atoms with Gasteiger partial charge >= 0.3 is 6.09 Å². The lowest BCUT2D eigenvalue weighted by atomic mass is 9.95. The third-order valence-electron chi connectivity index (χ3n) is 3.10. The molecule has 1 heterocycles. The third kappa shape index (κ3) is 1.15. The van der Waals surface area contributed by atoms with E-state index in [1.165, 1.54) is 0 Å². The highest BCUT2D eigenvalue weighted by Gasteiger charge is 2.53. The quantitative estimate of drug-likeness (QED) is 0.790. The van der Waals surface area contributed by atoms with Crippen LogP contribution in [0.1, 0.15) is 17.5 Å². The summed E-state index contributed by atoms with van der Waals surface area (Å²) in [6, 6.07) is 5.65. The van der Waals surface area contributed by atoms with E-state index in [-0.39, 0.29) is 5.91 Å². The Labute approximate surface area is 100 Å². The van der Waals surface area contributed by atoms with Gasteiger partial charge in [-0.2, -0.15) is 0 Å². The largest absolute Gasteiger partial charge is 0.427 e. The molecule has 1 fully saturated rings. The second-order valence-corrected chi connectivity index (χ2v) is 4.89. The second-order valence-electron chi connectivity index (χ2n) is 3.97. The van der Waals surface area contributed by atoms with Crippen LogP contribution in [0.2, 0.25) is 0 Å². The number of aryl methyl sites for hydroxylation is 1. The Kier molecular flexibility index (Phi) is 1.89. The average Bonchev–Trinajstić information content (AvgIpc) is 2.70. The molecule has 82 valence electrons. The maximum Gasteiger partial charge on any atom is 0.415 e. The first kappa shape index (κ1) is 9.84. The van der Waals surface area contributed by atoms with Gasteiger partial charge in [-0.1, -0.05) is 22.0 Å². The van der Waals surface area contributed by atoms with Crippen molar-refractivity contribution < 1.29 is 14.3 Å². The van der Waals surface area contributed by atoms with Gasteiger partial charge in [-0.3, -0.25) is 10.1 Å². The fourth-order valence-electron chi connectivity index (χ4n) is 2.37. The Hall–Kier alpha value is -1.36. The van der Waals surface area contributed by atoms with Crippen molar-refractivity contribution in [2.75, 3.05) is 0 Å². The van der Waals surface area contributed by atoms with Crippen LogP contribution in [0.5, 0.6) is 0 Å². The molecule has 0 aromatic heterocycles. The van der Waals surface area contributed by atoms with E-state index >= 15 is 0 Å². The lowest BCUT2D eigenvalue weighted by molar-refractivity contribution is -0.131. The minimum atomic E-state index is -1.08. The van der Waals surface area contributed by atoms with E-state index < -0.39 is 11.7 Å². The summed E-state index contributed by atoms with van der Waals surface area (Å²) in [6.07, 6.45) is 0.618. The molecule has 1 spiro atoms. The van der Waals surface area contributed by atoms with Crippen LogP contribution < -0.4 is 5.32 Å². The molecule has 0 radical (unpaired) electrons. The van der Waals surface area contributed by atoms with E-state index in [1.807, 2.05) is 18.2 Å². The first-order chi connectivity index (χ1) is 7.62. The minimum absolute atomic E-state index is 0.349. The van der Waals surface area contributed by atoms with Crippen LogP contribution in [0.15, 0.2) is 22.7 Å². The molecule has 1 aromatic carbocycles. The number of benzene rings is 1. The number of nitrogens with one attached hydrogen (secondary N) is 1. The van der Waals surface area contributed by atoms with Crippen LogP contribution >= 0.6 is 15.9 Å². The van der Waals surface area contributed by atoms with Crippen molar-refractivity contribution in [3.05, 3.63) is 33.8 Å². The normalized spacial score (nSPS) is 26.8. The maximum atomic E-state index is 11.8. The number of carbonyl (C=O) groups is 2. The molecule has 16 heavy (non-hydrogen) atoms. The molecule has 1 aliphatic carbocycles. The van der Waals surface area contributed by atoms with Gasteiger partial charge in [0.15, 0.2) is 0 Å². The number of imide groups is 1. The summed E-state index contributed by atoms with van der Waals surface area (Å²) in [5, 5.41) is 2.19. The predicted molar refractivity (Wildman–Crippen MR) is 58.8 cm³/mol. The number of hydrogen-bond donors (Lipinski definition) is 1. The van der Waals surface area contributed by atoms with Gasteiger partial charge in [-0.15, -0.1) is 0 Å². The molecule has 3 rings (SSSR count). The van der Waals surface area contributed by atoms with E-state index in [2.05, 4.69) is 21.2 Å². The molecule has 5 heteroatoms. The fraction of sp³-hybridized carbons (Fsp3) is 0.273. The molecular weight excluding hydrogens is 274 g/mol. The summed E-state index contributed by atoms with van der Waals surface area (Å²) in [7, 11) is 0. The zero-order valence-electron chi connectivity index (χ0n) is 8.25. The molecular formula is C11H8BrNO3. The SMILES string of the molecule is O=C1NC(=O)[C@@]2(CCc3cc(Br)ccc32)O1. The minimum Gasteiger partial charge on any atom is -0.427 e.